The van der Waals surface area contributed by atoms with Crippen LogP contribution in [0.5, 0.6) is 5.75 Å². The number of aromatic nitrogens is 1. The minimum Gasteiger partial charge on any atom is -0.493 e. The summed E-state index contributed by atoms with van der Waals surface area (Å²) in [7, 11) is 0. The van der Waals surface area contributed by atoms with Gasteiger partial charge in [0.2, 0.25) is 0 Å². The van der Waals surface area contributed by atoms with E-state index in [-0.39, 0.29) is 0 Å². The molecule has 0 amide bonds. The van der Waals surface area contributed by atoms with Crippen LogP contribution in [0.4, 0.5) is 0 Å². The third-order valence-corrected chi connectivity index (χ3v) is 5.71. The molecule has 0 unspecified atom stereocenters. The Labute approximate surface area is 161 Å². The zero-order valence-corrected chi connectivity index (χ0v) is 16.1. The van der Waals surface area contributed by atoms with Gasteiger partial charge in [0.05, 0.1) is 12.1 Å². The Balaban J connectivity index is 1.43. The number of allylic oxidation sites excluding steroid dienone is 1. The molecule has 1 saturated carbocycles. The van der Waals surface area contributed by atoms with Crippen molar-refractivity contribution in [2.24, 2.45) is 0 Å². The third kappa shape index (κ3) is 4.03. The molecule has 142 valence electrons. The predicted molar refractivity (Wildman–Crippen MR) is 115 cm³/mol. The molecule has 0 saturated heterocycles. The number of fused-ring (bicyclic) bond motifs is 3. The topological polar surface area (TPSA) is 37.0 Å². The normalized spacial score (nSPS) is 15.4. The molecule has 1 fully saturated rings. The Morgan fingerprint density at radius 1 is 1.07 bits per heavy atom. The van der Waals surface area contributed by atoms with Crippen LogP contribution in [0.3, 0.4) is 0 Å². The summed E-state index contributed by atoms with van der Waals surface area (Å²) in [6, 6.07) is 13.5. The van der Waals surface area contributed by atoms with E-state index in [1.807, 2.05) is 6.08 Å². The van der Waals surface area contributed by atoms with Crippen molar-refractivity contribution in [1.82, 2.24) is 10.3 Å². The van der Waals surface area contributed by atoms with E-state index in [1.54, 1.807) is 0 Å². The van der Waals surface area contributed by atoms with Crippen LogP contribution in [-0.4, -0.2) is 24.2 Å². The smallest absolute Gasteiger partial charge is 0.124 e. The first kappa shape index (κ1) is 18.1. The van der Waals surface area contributed by atoms with Crippen LogP contribution < -0.4 is 10.1 Å². The van der Waals surface area contributed by atoms with Crippen LogP contribution in [0.25, 0.3) is 21.8 Å². The largest absolute Gasteiger partial charge is 0.493 e. The Hall–Kier alpha value is -2.26. The fourth-order valence-corrected chi connectivity index (χ4v) is 4.31. The van der Waals surface area contributed by atoms with Gasteiger partial charge in [-0.05, 0) is 50.4 Å². The summed E-state index contributed by atoms with van der Waals surface area (Å²) >= 11 is 0. The maximum Gasteiger partial charge on any atom is 0.124 e. The summed E-state index contributed by atoms with van der Waals surface area (Å²) in [6.45, 7) is 5.72. The van der Waals surface area contributed by atoms with Crippen LogP contribution in [0, 0.1) is 0 Å². The highest BCUT2D eigenvalue weighted by Crippen LogP contribution is 2.33. The average Bonchev–Trinajstić information content (AvgIpc) is 3.09. The SMILES string of the molecule is C=CCc1c(OCCCNC2CCCCC2)ccc2c1[nH]c1ccccc12. The summed E-state index contributed by atoms with van der Waals surface area (Å²) in [6.07, 6.45) is 10.6. The summed E-state index contributed by atoms with van der Waals surface area (Å²) < 4.78 is 6.18. The zero-order chi connectivity index (χ0) is 18.5. The Bertz CT molecular complexity index is 905. The molecular formula is C24H30N2O. The maximum absolute atomic E-state index is 6.18. The summed E-state index contributed by atoms with van der Waals surface area (Å²) in [5.41, 5.74) is 3.56. The standard InChI is InChI=1S/C24H30N2O/c1-2-9-21-23(27-17-8-16-25-18-10-4-3-5-11-18)15-14-20-19-12-6-7-13-22(19)26-24(20)21/h2,6-7,12-15,18,25-26H,1,3-5,8-11,16-17H2. The number of rotatable bonds is 8. The molecule has 3 nitrogen and oxygen atoms in total. The van der Waals surface area contributed by atoms with Gasteiger partial charge in [0.15, 0.2) is 0 Å². The van der Waals surface area contributed by atoms with Gasteiger partial charge in [0, 0.05) is 27.9 Å². The molecule has 2 aromatic carbocycles. The van der Waals surface area contributed by atoms with Crippen molar-refractivity contribution < 1.29 is 4.74 Å². The number of ether oxygens (including phenoxy) is 1. The minimum atomic E-state index is 0.720. The van der Waals surface area contributed by atoms with E-state index >= 15 is 0 Å². The quantitative estimate of drug-likeness (QED) is 0.396. The fourth-order valence-electron chi connectivity index (χ4n) is 4.31. The number of nitrogens with one attached hydrogen (secondary N) is 2. The lowest BCUT2D eigenvalue weighted by Crippen LogP contribution is -2.32. The molecule has 1 aromatic heterocycles. The number of aromatic amines is 1. The second kappa shape index (κ2) is 8.62. The van der Waals surface area contributed by atoms with Crippen LogP contribution in [0.2, 0.25) is 0 Å². The van der Waals surface area contributed by atoms with E-state index in [0.29, 0.717) is 0 Å². The summed E-state index contributed by atoms with van der Waals surface area (Å²) in [4.78, 5) is 3.58. The molecular weight excluding hydrogens is 332 g/mol. The second-order valence-corrected chi connectivity index (χ2v) is 7.62. The van der Waals surface area contributed by atoms with Crippen LogP contribution in [0.1, 0.15) is 44.1 Å². The van der Waals surface area contributed by atoms with Gasteiger partial charge in [-0.25, -0.2) is 0 Å². The Morgan fingerprint density at radius 3 is 2.78 bits per heavy atom. The summed E-state index contributed by atoms with van der Waals surface area (Å²) in [5, 5.41) is 6.22. The number of benzene rings is 2. The van der Waals surface area contributed by atoms with E-state index < -0.39 is 0 Å². The monoisotopic (exact) mass is 362 g/mol. The maximum atomic E-state index is 6.18. The Morgan fingerprint density at radius 2 is 1.93 bits per heavy atom. The van der Waals surface area contributed by atoms with Crippen molar-refractivity contribution in [3.63, 3.8) is 0 Å². The number of H-pyrrole nitrogens is 1. The van der Waals surface area contributed by atoms with Gasteiger partial charge in [0.1, 0.15) is 5.75 Å². The molecule has 0 aliphatic heterocycles. The first-order chi connectivity index (χ1) is 13.4. The molecule has 27 heavy (non-hydrogen) atoms. The molecule has 2 N–H and O–H groups in total. The highest BCUT2D eigenvalue weighted by Gasteiger charge is 2.13. The first-order valence-corrected chi connectivity index (χ1v) is 10.4. The molecule has 1 aliphatic rings. The molecule has 1 heterocycles. The van der Waals surface area contributed by atoms with E-state index in [4.69, 9.17) is 4.74 Å². The lowest BCUT2D eigenvalue weighted by molar-refractivity contribution is 0.295. The van der Waals surface area contributed by atoms with Gasteiger partial charge in [-0.3, -0.25) is 0 Å². The third-order valence-electron chi connectivity index (χ3n) is 5.71. The number of para-hydroxylation sites is 1. The second-order valence-electron chi connectivity index (χ2n) is 7.62. The van der Waals surface area contributed by atoms with Crippen LogP contribution >= 0.6 is 0 Å². The predicted octanol–water partition coefficient (Wildman–Crippen LogP) is 5.74. The van der Waals surface area contributed by atoms with Gasteiger partial charge < -0.3 is 15.0 Å². The van der Waals surface area contributed by atoms with E-state index in [1.165, 1.54) is 59.5 Å². The van der Waals surface area contributed by atoms with Crippen molar-refractivity contribution in [3.8, 4) is 5.75 Å². The highest BCUT2D eigenvalue weighted by molar-refractivity contribution is 6.08. The van der Waals surface area contributed by atoms with Crippen LogP contribution in [0.15, 0.2) is 49.1 Å². The van der Waals surface area contributed by atoms with Gasteiger partial charge >= 0.3 is 0 Å². The average molecular weight is 363 g/mol. The lowest BCUT2D eigenvalue weighted by Gasteiger charge is -2.22. The zero-order valence-electron chi connectivity index (χ0n) is 16.1. The van der Waals surface area contributed by atoms with Crippen LogP contribution in [-0.2, 0) is 6.42 Å². The van der Waals surface area contributed by atoms with E-state index in [2.05, 4.69) is 53.3 Å². The highest BCUT2D eigenvalue weighted by atomic mass is 16.5. The van der Waals surface area contributed by atoms with E-state index in [9.17, 15) is 0 Å². The van der Waals surface area contributed by atoms with Crippen molar-refractivity contribution in [3.05, 3.63) is 54.6 Å². The van der Waals surface area contributed by atoms with Gasteiger partial charge in [-0.2, -0.15) is 0 Å². The lowest BCUT2D eigenvalue weighted by atomic mass is 9.95. The van der Waals surface area contributed by atoms with Crippen molar-refractivity contribution in [2.75, 3.05) is 13.2 Å². The molecule has 0 bridgehead atoms. The number of hydrogen-bond donors (Lipinski definition) is 2. The molecule has 4 rings (SSSR count). The van der Waals surface area contributed by atoms with E-state index in [0.717, 1.165) is 37.8 Å². The van der Waals surface area contributed by atoms with Gasteiger partial charge in [-0.15, -0.1) is 6.58 Å². The molecule has 0 radical (unpaired) electrons. The molecule has 1 aliphatic carbocycles. The molecule has 3 aromatic rings. The first-order valence-electron chi connectivity index (χ1n) is 10.4. The van der Waals surface area contributed by atoms with Crippen molar-refractivity contribution >= 4 is 21.8 Å². The minimum absolute atomic E-state index is 0.720. The number of hydrogen-bond acceptors (Lipinski definition) is 2. The Kier molecular flexibility index (Phi) is 5.78. The summed E-state index contributed by atoms with van der Waals surface area (Å²) in [5.74, 6) is 0.978. The van der Waals surface area contributed by atoms with Gasteiger partial charge in [0.25, 0.3) is 0 Å². The van der Waals surface area contributed by atoms with Crippen molar-refractivity contribution in [2.45, 2.75) is 51.0 Å². The fraction of sp³-hybridized carbons (Fsp3) is 0.417. The van der Waals surface area contributed by atoms with Crippen molar-refractivity contribution in [1.29, 1.82) is 0 Å². The molecule has 0 spiro atoms. The molecule has 0 atom stereocenters. The van der Waals surface area contributed by atoms with Gasteiger partial charge in [-0.1, -0.05) is 43.5 Å². The molecule has 3 heteroatoms.